The molecule has 0 bridgehead atoms. The molecule has 1 aromatic heterocycles. The normalized spacial score (nSPS) is 16.5. The van der Waals surface area contributed by atoms with Crippen molar-refractivity contribution in [3.63, 3.8) is 0 Å². The predicted octanol–water partition coefficient (Wildman–Crippen LogP) is 1.09. The maximum Gasteiger partial charge on any atom is 0.268 e. The number of anilines is 1. The van der Waals surface area contributed by atoms with Gasteiger partial charge >= 0.3 is 0 Å². The Labute approximate surface area is 114 Å². The van der Waals surface area contributed by atoms with E-state index in [1.165, 1.54) is 0 Å². The summed E-state index contributed by atoms with van der Waals surface area (Å²) in [5.41, 5.74) is 0.944. The zero-order valence-electron chi connectivity index (χ0n) is 11.9. The third kappa shape index (κ3) is 3.56. The average molecular weight is 264 g/mol. The lowest BCUT2D eigenvalue weighted by molar-refractivity contribution is 0.315. The first-order valence-electron chi connectivity index (χ1n) is 7.27. The molecule has 0 unspecified atom stereocenters. The third-order valence-electron chi connectivity index (χ3n) is 3.87. The lowest BCUT2D eigenvalue weighted by atomic mass is 9.98. The average Bonchev–Trinajstić information content (AvgIpc) is 2.44. The summed E-state index contributed by atoms with van der Waals surface area (Å²) in [6.07, 6.45) is 4.08. The van der Waals surface area contributed by atoms with Crippen molar-refractivity contribution in [2.75, 3.05) is 31.1 Å². The zero-order chi connectivity index (χ0) is 13.7. The van der Waals surface area contributed by atoms with Crippen LogP contribution in [0.2, 0.25) is 0 Å². The van der Waals surface area contributed by atoms with E-state index in [0.29, 0.717) is 5.92 Å². The van der Waals surface area contributed by atoms with E-state index in [2.05, 4.69) is 29.2 Å². The van der Waals surface area contributed by atoms with Gasteiger partial charge in [-0.25, -0.2) is 4.68 Å². The van der Waals surface area contributed by atoms with Crippen molar-refractivity contribution >= 4 is 5.69 Å². The molecule has 5 nitrogen and oxygen atoms in total. The third-order valence-corrected chi connectivity index (χ3v) is 3.87. The summed E-state index contributed by atoms with van der Waals surface area (Å²) >= 11 is 0. The summed E-state index contributed by atoms with van der Waals surface area (Å²) < 4.78 is 1.61. The second-order valence-electron chi connectivity index (χ2n) is 5.10. The lowest BCUT2D eigenvalue weighted by Crippen LogP contribution is -2.34. The molecule has 1 aromatic rings. The fourth-order valence-corrected chi connectivity index (χ4v) is 2.63. The standard InChI is InChI=1S/C14H24N4O/c1-3-17(4-2)13-9-14(19)18(16-10-13)11-12-5-7-15-8-6-12/h9-10,12,15H,3-8,11H2,1-2H3. The molecule has 0 saturated carbocycles. The summed E-state index contributed by atoms with van der Waals surface area (Å²) in [4.78, 5) is 14.3. The van der Waals surface area contributed by atoms with E-state index in [4.69, 9.17) is 0 Å². The molecule has 0 atom stereocenters. The molecular weight excluding hydrogens is 240 g/mol. The minimum absolute atomic E-state index is 0.0166. The van der Waals surface area contributed by atoms with Crippen molar-refractivity contribution in [1.29, 1.82) is 0 Å². The molecule has 1 N–H and O–H groups in total. The number of aromatic nitrogens is 2. The largest absolute Gasteiger partial charge is 0.371 e. The maximum absolute atomic E-state index is 12.1. The van der Waals surface area contributed by atoms with Gasteiger partial charge in [-0.3, -0.25) is 4.79 Å². The van der Waals surface area contributed by atoms with Gasteiger partial charge in [0.2, 0.25) is 0 Å². The summed E-state index contributed by atoms with van der Waals surface area (Å²) in [5.74, 6) is 0.575. The number of rotatable bonds is 5. The number of hydrogen-bond acceptors (Lipinski definition) is 4. The second-order valence-corrected chi connectivity index (χ2v) is 5.10. The molecule has 1 fully saturated rings. The predicted molar refractivity (Wildman–Crippen MR) is 77.7 cm³/mol. The molecule has 1 aliphatic rings. The van der Waals surface area contributed by atoms with E-state index in [1.807, 2.05) is 6.20 Å². The van der Waals surface area contributed by atoms with Gasteiger partial charge in [0.05, 0.1) is 11.9 Å². The molecule has 2 rings (SSSR count). The highest BCUT2D eigenvalue weighted by Gasteiger charge is 2.15. The molecule has 2 heterocycles. The summed E-state index contributed by atoms with van der Waals surface area (Å²) in [5, 5.41) is 7.67. The molecule has 0 radical (unpaired) electrons. The first-order chi connectivity index (χ1) is 9.24. The molecule has 0 spiro atoms. The highest BCUT2D eigenvalue weighted by Crippen LogP contribution is 2.13. The summed E-state index contributed by atoms with van der Waals surface area (Å²) in [6.45, 7) is 8.83. The van der Waals surface area contributed by atoms with Crippen LogP contribution in [0.15, 0.2) is 17.1 Å². The Hall–Kier alpha value is -1.36. The first-order valence-corrected chi connectivity index (χ1v) is 7.27. The number of piperidine rings is 1. The molecule has 0 aliphatic carbocycles. The van der Waals surface area contributed by atoms with E-state index in [1.54, 1.807) is 10.7 Å². The second kappa shape index (κ2) is 6.70. The molecule has 0 amide bonds. The van der Waals surface area contributed by atoms with Crippen LogP contribution in [0.25, 0.3) is 0 Å². The van der Waals surface area contributed by atoms with Crippen LogP contribution in [0, 0.1) is 5.92 Å². The van der Waals surface area contributed by atoms with Gasteiger partial charge in [-0.2, -0.15) is 5.10 Å². The SMILES string of the molecule is CCN(CC)c1cnn(CC2CCNCC2)c(=O)c1. The van der Waals surface area contributed by atoms with Gasteiger partial charge in [0, 0.05) is 25.7 Å². The maximum atomic E-state index is 12.1. The zero-order valence-corrected chi connectivity index (χ0v) is 11.9. The molecule has 1 aliphatic heterocycles. The van der Waals surface area contributed by atoms with Crippen LogP contribution in [-0.2, 0) is 6.54 Å². The van der Waals surface area contributed by atoms with Crippen molar-refractivity contribution in [2.24, 2.45) is 5.92 Å². The van der Waals surface area contributed by atoms with Crippen molar-refractivity contribution in [3.05, 3.63) is 22.6 Å². The molecule has 0 aromatic carbocycles. The number of hydrogen-bond donors (Lipinski definition) is 1. The Kier molecular flexibility index (Phi) is 4.96. The van der Waals surface area contributed by atoms with Gasteiger partial charge in [0.1, 0.15) is 0 Å². The molecule has 19 heavy (non-hydrogen) atoms. The van der Waals surface area contributed by atoms with E-state index < -0.39 is 0 Å². The van der Waals surface area contributed by atoms with Crippen LogP contribution in [0.3, 0.4) is 0 Å². The quantitative estimate of drug-likeness (QED) is 0.865. The topological polar surface area (TPSA) is 50.2 Å². The van der Waals surface area contributed by atoms with Crippen molar-refractivity contribution in [1.82, 2.24) is 15.1 Å². The van der Waals surface area contributed by atoms with Crippen LogP contribution in [0.4, 0.5) is 5.69 Å². The van der Waals surface area contributed by atoms with E-state index in [0.717, 1.165) is 51.3 Å². The van der Waals surface area contributed by atoms with E-state index in [-0.39, 0.29) is 5.56 Å². The number of nitrogens with zero attached hydrogens (tertiary/aromatic N) is 3. The Morgan fingerprint density at radius 1 is 1.37 bits per heavy atom. The Morgan fingerprint density at radius 2 is 2.05 bits per heavy atom. The molecule has 1 saturated heterocycles. The summed E-state index contributed by atoms with van der Waals surface area (Å²) in [7, 11) is 0. The van der Waals surface area contributed by atoms with E-state index in [9.17, 15) is 4.79 Å². The van der Waals surface area contributed by atoms with Crippen LogP contribution in [-0.4, -0.2) is 36.0 Å². The highest BCUT2D eigenvalue weighted by molar-refractivity contribution is 5.42. The fourth-order valence-electron chi connectivity index (χ4n) is 2.63. The van der Waals surface area contributed by atoms with Crippen LogP contribution in [0.5, 0.6) is 0 Å². The Balaban J connectivity index is 2.08. The smallest absolute Gasteiger partial charge is 0.268 e. The Morgan fingerprint density at radius 3 is 2.63 bits per heavy atom. The summed E-state index contributed by atoms with van der Waals surface area (Å²) in [6, 6.07) is 1.71. The minimum Gasteiger partial charge on any atom is -0.371 e. The van der Waals surface area contributed by atoms with Crippen LogP contribution in [0.1, 0.15) is 26.7 Å². The molecular formula is C14H24N4O. The van der Waals surface area contributed by atoms with Gasteiger partial charge in [-0.1, -0.05) is 0 Å². The van der Waals surface area contributed by atoms with Crippen LogP contribution < -0.4 is 15.8 Å². The van der Waals surface area contributed by atoms with Gasteiger partial charge in [-0.05, 0) is 45.7 Å². The lowest BCUT2D eigenvalue weighted by Gasteiger charge is -2.23. The highest BCUT2D eigenvalue weighted by atomic mass is 16.1. The van der Waals surface area contributed by atoms with Crippen molar-refractivity contribution in [2.45, 2.75) is 33.2 Å². The van der Waals surface area contributed by atoms with Gasteiger partial charge in [-0.15, -0.1) is 0 Å². The Bertz CT molecular complexity index is 447. The van der Waals surface area contributed by atoms with E-state index >= 15 is 0 Å². The van der Waals surface area contributed by atoms with Gasteiger partial charge in [0.25, 0.3) is 5.56 Å². The van der Waals surface area contributed by atoms with Crippen molar-refractivity contribution in [3.8, 4) is 0 Å². The molecule has 5 heteroatoms. The minimum atomic E-state index is 0.0166. The van der Waals surface area contributed by atoms with Crippen molar-refractivity contribution < 1.29 is 0 Å². The molecule has 106 valence electrons. The number of nitrogens with one attached hydrogen (secondary N) is 1. The fraction of sp³-hybridized carbons (Fsp3) is 0.714. The van der Waals surface area contributed by atoms with Gasteiger partial charge < -0.3 is 10.2 Å². The first kappa shape index (κ1) is 14.1. The van der Waals surface area contributed by atoms with Gasteiger partial charge in [0.15, 0.2) is 0 Å². The monoisotopic (exact) mass is 264 g/mol. The van der Waals surface area contributed by atoms with Crippen LogP contribution >= 0.6 is 0 Å².